The van der Waals surface area contributed by atoms with Crippen LogP contribution in [0.15, 0.2) is 42.5 Å². The molecule has 0 aliphatic heterocycles. The minimum atomic E-state index is -4.72. The number of alkyl halides is 3. The monoisotopic (exact) mass is 499 g/mol. The van der Waals surface area contributed by atoms with Crippen LogP contribution >= 0.6 is 11.6 Å². The molecule has 0 heterocycles. The summed E-state index contributed by atoms with van der Waals surface area (Å²) in [6.07, 6.45) is -0.279. The third-order valence-corrected chi connectivity index (χ3v) is 4.68. The van der Waals surface area contributed by atoms with Gasteiger partial charge in [0.05, 0.1) is 29.5 Å². The summed E-state index contributed by atoms with van der Waals surface area (Å²) in [6, 6.07) is 8.24. The van der Waals surface area contributed by atoms with E-state index in [1.807, 2.05) is 12.2 Å². The maximum atomic E-state index is 13.1. The number of rotatable bonds is 11. The highest BCUT2D eigenvalue weighted by atomic mass is 35.5. The molecule has 2 aromatic rings. The Balaban J connectivity index is 1.97. The number of nitrogens with one attached hydrogen (secondary N) is 1. The summed E-state index contributed by atoms with van der Waals surface area (Å²) in [4.78, 5) is 24.0. The molecule has 0 fully saturated rings. The molecule has 10 heteroatoms. The van der Waals surface area contributed by atoms with E-state index in [4.69, 9.17) is 25.8 Å². The number of carbonyl (C=O) groups excluding carboxylic acids is 2. The Morgan fingerprint density at radius 1 is 1.09 bits per heavy atom. The van der Waals surface area contributed by atoms with E-state index in [2.05, 4.69) is 6.92 Å². The molecule has 0 aliphatic carbocycles. The van der Waals surface area contributed by atoms with Crippen LogP contribution in [0.25, 0.3) is 6.08 Å². The molecule has 0 saturated carbocycles. The number of ether oxygens (including phenoxy) is 3. The first kappa shape index (κ1) is 27.0. The molecule has 0 aliphatic rings. The van der Waals surface area contributed by atoms with Crippen LogP contribution in [0.5, 0.6) is 11.5 Å². The summed E-state index contributed by atoms with van der Waals surface area (Å²) in [5, 5.41) is 1.75. The summed E-state index contributed by atoms with van der Waals surface area (Å²) in [5.41, 5.74) is -1.08. The van der Waals surface area contributed by atoms with Gasteiger partial charge in [-0.15, -0.1) is 0 Å². The topological polar surface area (TPSA) is 73.9 Å². The zero-order valence-electron chi connectivity index (χ0n) is 18.7. The first-order valence-electron chi connectivity index (χ1n) is 10.6. The summed E-state index contributed by atoms with van der Waals surface area (Å²) in [6.45, 7) is 4.08. The van der Waals surface area contributed by atoms with Crippen molar-refractivity contribution in [1.82, 2.24) is 0 Å². The quantitative estimate of drug-likeness (QED) is 0.229. The fourth-order valence-corrected chi connectivity index (χ4v) is 2.98. The minimum Gasteiger partial charge on any atom is -0.490 e. The van der Waals surface area contributed by atoms with E-state index < -0.39 is 35.9 Å². The maximum Gasteiger partial charge on any atom is 0.418 e. The third-order valence-electron chi connectivity index (χ3n) is 4.36. The highest BCUT2D eigenvalue weighted by Gasteiger charge is 2.34. The zero-order valence-corrected chi connectivity index (χ0v) is 19.5. The molecule has 0 aromatic heterocycles. The van der Waals surface area contributed by atoms with E-state index in [9.17, 15) is 22.8 Å². The van der Waals surface area contributed by atoms with E-state index in [1.54, 1.807) is 18.2 Å². The number of carbonyl (C=O) groups is 2. The lowest BCUT2D eigenvalue weighted by Crippen LogP contribution is -2.22. The number of esters is 1. The Bertz CT molecular complexity index is 1020. The smallest absolute Gasteiger partial charge is 0.418 e. The van der Waals surface area contributed by atoms with Crippen molar-refractivity contribution in [2.75, 3.05) is 25.1 Å². The second-order valence-electron chi connectivity index (χ2n) is 6.99. The number of hydrogen-bond acceptors (Lipinski definition) is 5. The number of amides is 1. The lowest BCUT2D eigenvalue weighted by Gasteiger charge is -2.15. The Labute approximate surface area is 200 Å². The average Bonchev–Trinajstić information content (AvgIpc) is 2.78. The van der Waals surface area contributed by atoms with Gasteiger partial charge in [0.2, 0.25) is 0 Å². The van der Waals surface area contributed by atoms with Gasteiger partial charge in [-0.1, -0.05) is 37.1 Å². The maximum absolute atomic E-state index is 13.1. The number of anilines is 1. The van der Waals surface area contributed by atoms with Gasteiger partial charge in [-0.05, 0) is 49.2 Å². The van der Waals surface area contributed by atoms with Gasteiger partial charge in [0, 0.05) is 6.08 Å². The van der Waals surface area contributed by atoms with Crippen LogP contribution in [-0.4, -0.2) is 31.7 Å². The summed E-state index contributed by atoms with van der Waals surface area (Å²) in [7, 11) is 0. The minimum absolute atomic E-state index is 0.290. The third kappa shape index (κ3) is 8.30. The SMILES string of the molecule is CCCCOc1ccc(/C=C/C(=O)OCC(=O)Nc2c(Cl)cccc2C(F)(F)F)cc1OCC. The van der Waals surface area contributed by atoms with Crippen molar-refractivity contribution in [3.05, 3.63) is 58.6 Å². The summed E-state index contributed by atoms with van der Waals surface area (Å²) >= 11 is 5.79. The normalized spacial score (nSPS) is 11.4. The van der Waals surface area contributed by atoms with E-state index in [1.165, 1.54) is 12.1 Å². The molecule has 1 amide bonds. The zero-order chi connectivity index (χ0) is 25.1. The first-order valence-corrected chi connectivity index (χ1v) is 10.9. The molecule has 2 aromatic carbocycles. The molecule has 2 rings (SSSR count). The molecular formula is C24H25ClF3NO5. The highest BCUT2D eigenvalue weighted by molar-refractivity contribution is 6.34. The Hall–Kier alpha value is -3.20. The van der Waals surface area contributed by atoms with Crippen molar-refractivity contribution in [1.29, 1.82) is 0 Å². The molecule has 0 unspecified atom stereocenters. The van der Waals surface area contributed by atoms with E-state index >= 15 is 0 Å². The van der Waals surface area contributed by atoms with Gasteiger partial charge in [0.15, 0.2) is 18.1 Å². The number of para-hydroxylation sites is 1. The molecule has 184 valence electrons. The Morgan fingerprint density at radius 2 is 1.85 bits per heavy atom. The molecule has 0 atom stereocenters. The van der Waals surface area contributed by atoms with Crippen LogP contribution < -0.4 is 14.8 Å². The predicted octanol–water partition coefficient (Wildman–Crippen LogP) is 6.13. The van der Waals surface area contributed by atoms with E-state index in [0.717, 1.165) is 31.1 Å². The molecule has 0 bridgehead atoms. The van der Waals surface area contributed by atoms with Crippen LogP contribution in [0.4, 0.5) is 18.9 Å². The van der Waals surface area contributed by atoms with Crippen molar-refractivity contribution < 1.29 is 37.0 Å². The number of hydrogen-bond donors (Lipinski definition) is 1. The van der Waals surface area contributed by atoms with Crippen LogP contribution in [-0.2, 0) is 20.5 Å². The fraction of sp³-hybridized carbons (Fsp3) is 0.333. The first-order chi connectivity index (χ1) is 16.2. The molecule has 0 saturated heterocycles. The van der Waals surface area contributed by atoms with Crippen LogP contribution in [0.3, 0.4) is 0 Å². The summed E-state index contributed by atoms with van der Waals surface area (Å²) in [5.74, 6) is -0.711. The fourth-order valence-electron chi connectivity index (χ4n) is 2.75. The van der Waals surface area contributed by atoms with Crippen molar-refractivity contribution >= 4 is 35.2 Å². The van der Waals surface area contributed by atoms with Gasteiger partial charge >= 0.3 is 12.1 Å². The summed E-state index contributed by atoms with van der Waals surface area (Å²) < 4.78 is 55.4. The molecule has 0 spiro atoms. The number of benzene rings is 2. The van der Waals surface area contributed by atoms with Crippen LogP contribution in [0, 0.1) is 0 Å². The van der Waals surface area contributed by atoms with Crippen molar-refractivity contribution in [3.8, 4) is 11.5 Å². The number of halogens is 4. The highest BCUT2D eigenvalue weighted by Crippen LogP contribution is 2.38. The van der Waals surface area contributed by atoms with E-state index in [0.29, 0.717) is 30.3 Å². The van der Waals surface area contributed by atoms with Crippen molar-refractivity contribution in [2.45, 2.75) is 32.9 Å². The molecule has 1 N–H and O–H groups in total. The van der Waals surface area contributed by atoms with Gasteiger partial charge in [-0.25, -0.2) is 4.79 Å². The second kappa shape index (κ2) is 12.9. The van der Waals surface area contributed by atoms with Gasteiger partial charge < -0.3 is 19.5 Å². The molecule has 0 radical (unpaired) electrons. The average molecular weight is 500 g/mol. The molecular weight excluding hydrogens is 475 g/mol. The lowest BCUT2D eigenvalue weighted by atomic mass is 10.1. The largest absolute Gasteiger partial charge is 0.490 e. The van der Waals surface area contributed by atoms with Gasteiger partial charge in [0.1, 0.15) is 0 Å². The van der Waals surface area contributed by atoms with Gasteiger partial charge in [-0.3, -0.25) is 4.79 Å². The standard InChI is InChI=1S/C24H25ClF3NO5/c1-3-5-13-33-19-11-9-16(14-20(19)32-4-2)10-12-22(31)34-15-21(30)29-23-17(24(26,27)28)7-6-8-18(23)25/h6-12,14H,3-5,13,15H2,1-2H3,(H,29,30)/b12-10+. The van der Waals surface area contributed by atoms with Crippen LogP contribution in [0.2, 0.25) is 5.02 Å². The van der Waals surface area contributed by atoms with Gasteiger partial charge in [-0.2, -0.15) is 13.2 Å². The second-order valence-corrected chi connectivity index (χ2v) is 7.40. The molecule has 6 nitrogen and oxygen atoms in total. The van der Waals surface area contributed by atoms with E-state index in [-0.39, 0.29) is 5.02 Å². The van der Waals surface area contributed by atoms with Crippen LogP contribution in [0.1, 0.15) is 37.8 Å². The van der Waals surface area contributed by atoms with Gasteiger partial charge in [0.25, 0.3) is 5.91 Å². The van der Waals surface area contributed by atoms with Crippen molar-refractivity contribution in [2.24, 2.45) is 0 Å². The number of unbranched alkanes of at least 4 members (excludes halogenated alkanes) is 1. The Kier molecular flexibility index (Phi) is 10.2. The lowest BCUT2D eigenvalue weighted by molar-refractivity contribution is -0.142. The van der Waals surface area contributed by atoms with Crippen molar-refractivity contribution in [3.63, 3.8) is 0 Å². The Morgan fingerprint density at radius 3 is 2.53 bits per heavy atom. The molecule has 34 heavy (non-hydrogen) atoms. The predicted molar refractivity (Wildman–Crippen MR) is 123 cm³/mol.